The summed E-state index contributed by atoms with van der Waals surface area (Å²) >= 11 is 0. The van der Waals surface area contributed by atoms with Crippen LogP contribution in [0.25, 0.3) is 0 Å². The number of amides is 1. The highest BCUT2D eigenvalue weighted by atomic mass is 16.2. The number of hydrogen-bond donors (Lipinski definition) is 1. The number of aromatic nitrogens is 2. The average molecular weight is 236 g/mol. The Labute approximate surface area is 102 Å². The summed E-state index contributed by atoms with van der Waals surface area (Å²) in [5.74, 6) is 0.711. The lowest BCUT2D eigenvalue weighted by atomic mass is 9.92. The van der Waals surface area contributed by atoms with Gasteiger partial charge in [0, 0.05) is 18.8 Å². The minimum absolute atomic E-state index is 0.132. The van der Waals surface area contributed by atoms with Crippen molar-refractivity contribution in [1.29, 1.82) is 0 Å². The zero-order valence-electron chi connectivity index (χ0n) is 10.5. The van der Waals surface area contributed by atoms with Gasteiger partial charge in [-0.3, -0.25) is 9.48 Å². The molecule has 5 nitrogen and oxygen atoms in total. The molecule has 2 rings (SSSR count). The average Bonchev–Trinajstić information content (AvgIpc) is 2.68. The molecule has 2 heterocycles. The summed E-state index contributed by atoms with van der Waals surface area (Å²) in [5, 5.41) is 4.04. The van der Waals surface area contributed by atoms with E-state index >= 15 is 0 Å². The van der Waals surface area contributed by atoms with Crippen molar-refractivity contribution in [2.24, 2.45) is 5.92 Å². The maximum Gasteiger partial charge on any atom is 0.244 e. The molecular formula is C12H20N4O. The number of rotatable bonds is 2. The number of carbonyl (C=O) groups excluding carboxylic acids is 1. The Balaban J connectivity index is 1.99. The highest BCUT2D eigenvalue weighted by Gasteiger charge is 2.28. The molecule has 2 unspecified atom stereocenters. The Bertz CT molecular complexity index is 401. The first-order valence-corrected chi connectivity index (χ1v) is 6.15. The van der Waals surface area contributed by atoms with Gasteiger partial charge in [0.15, 0.2) is 0 Å². The van der Waals surface area contributed by atoms with Gasteiger partial charge in [-0.1, -0.05) is 6.92 Å². The van der Waals surface area contributed by atoms with Crippen LogP contribution in [0.4, 0.5) is 5.69 Å². The van der Waals surface area contributed by atoms with Gasteiger partial charge in [0.1, 0.15) is 6.54 Å². The molecule has 2 N–H and O–H groups in total. The predicted octanol–water partition coefficient (Wildman–Crippen LogP) is 1.11. The normalized spacial score (nSPS) is 24.9. The third kappa shape index (κ3) is 2.60. The van der Waals surface area contributed by atoms with Crippen LogP contribution in [0, 0.1) is 5.92 Å². The van der Waals surface area contributed by atoms with Crippen LogP contribution in [-0.4, -0.2) is 33.2 Å². The Hall–Kier alpha value is -1.52. The summed E-state index contributed by atoms with van der Waals surface area (Å²) in [7, 11) is 0. The number of nitrogens with zero attached hydrogens (tertiary/aromatic N) is 3. The molecule has 1 fully saturated rings. The zero-order chi connectivity index (χ0) is 12.4. The highest BCUT2D eigenvalue weighted by molar-refractivity contribution is 5.76. The molecule has 0 radical (unpaired) electrons. The summed E-state index contributed by atoms with van der Waals surface area (Å²) in [6.45, 7) is 5.48. The predicted molar refractivity (Wildman–Crippen MR) is 66.2 cm³/mol. The van der Waals surface area contributed by atoms with Crippen LogP contribution in [-0.2, 0) is 11.3 Å². The van der Waals surface area contributed by atoms with Crippen molar-refractivity contribution in [2.75, 3.05) is 12.3 Å². The van der Waals surface area contributed by atoms with Gasteiger partial charge in [-0.25, -0.2) is 0 Å². The first-order valence-electron chi connectivity index (χ1n) is 6.15. The van der Waals surface area contributed by atoms with Crippen molar-refractivity contribution in [2.45, 2.75) is 39.3 Å². The van der Waals surface area contributed by atoms with Crippen LogP contribution in [0.2, 0.25) is 0 Å². The zero-order valence-corrected chi connectivity index (χ0v) is 10.5. The van der Waals surface area contributed by atoms with E-state index in [0.717, 1.165) is 13.0 Å². The molecular weight excluding hydrogens is 216 g/mol. The molecule has 0 aromatic carbocycles. The number of carbonyl (C=O) groups is 1. The van der Waals surface area contributed by atoms with Gasteiger partial charge in [0.05, 0.1) is 11.9 Å². The maximum atomic E-state index is 12.2. The number of anilines is 1. The molecule has 1 aliphatic heterocycles. The van der Waals surface area contributed by atoms with Crippen LogP contribution in [0.1, 0.15) is 26.7 Å². The molecule has 94 valence electrons. The fourth-order valence-electron chi connectivity index (χ4n) is 2.38. The quantitative estimate of drug-likeness (QED) is 0.836. The molecule has 1 aromatic rings. The maximum absolute atomic E-state index is 12.2. The first-order chi connectivity index (χ1) is 8.08. The molecule has 17 heavy (non-hydrogen) atoms. The Kier molecular flexibility index (Phi) is 3.36. The molecule has 1 aromatic heterocycles. The lowest BCUT2D eigenvalue weighted by Gasteiger charge is -2.37. The second kappa shape index (κ2) is 4.77. The molecule has 1 aliphatic rings. The van der Waals surface area contributed by atoms with Crippen molar-refractivity contribution in [3.8, 4) is 0 Å². The monoisotopic (exact) mass is 236 g/mol. The van der Waals surface area contributed by atoms with Gasteiger partial charge >= 0.3 is 0 Å². The van der Waals surface area contributed by atoms with Crippen molar-refractivity contribution in [3.05, 3.63) is 12.4 Å². The number of piperidine rings is 1. The third-order valence-electron chi connectivity index (χ3n) is 3.64. The standard InChI is InChI=1S/C12H20N4O/c1-9-4-3-5-16(10(9)2)12(17)8-15-7-11(13)6-14-15/h6-7,9-10H,3-5,8,13H2,1-2H3. The van der Waals surface area contributed by atoms with E-state index < -0.39 is 0 Å². The van der Waals surface area contributed by atoms with E-state index in [2.05, 4.69) is 18.9 Å². The molecule has 0 bridgehead atoms. The fourth-order valence-corrected chi connectivity index (χ4v) is 2.38. The van der Waals surface area contributed by atoms with Gasteiger partial charge in [0.25, 0.3) is 0 Å². The van der Waals surface area contributed by atoms with E-state index in [0.29, 0.717) is 17.6 Å². The Morgan fingerprint density at radius 1 is 1.59 bits per heavy atom. The Morgan fingerprint density at radius 2 is 2.35 bits per heavy atom. The van der Waals surface area contributed by atoms with Crippen LogP contribution >= 0.6 is 0 Å². The molecule has 2 atom stereocenters. The number of likely N-dealkylation sites (tertiary alicyclic amines) is 1. The van der Waals surface area contributed by atoms with Gasteiger partial charge < -0.3 is 10.6 Å². The van der Waals surface area contributed by atoms with Gasteiger partial charge in [-0.05, 0) is 25.7 Å². The minimum atomic E-state index is 0.132. The molecule has 1 amide bonds. The van der Waals surface area contributed by atoms with E-state index in [9.17, 15) is 4.79 Å². The summed E-state index contributed by atoms with van der Waals surface area (Å²) in [5.41, 5.74) is 6.17. The Morgan fingerprint density at radius 3 is 3.00 bits per heavy atom. The molecule has 0 spiro atoms. The number of hydrogen-bond acceptors (Lipinski definition) is 3. The van der Waals surface area contributed by atoms with E-state index in [1.165, 1.54) is 6.42 Å². The largest absolute Gasteiger partial charge is 0.396 e. The fraction of sp³-hybridized carbons (Fsp3) is 0.667. The highest BCUT2D eigenvalue weighted by Crippen LogP contribution is 2.22. The van der Waals surface area contributed by atoms with E-state index in [1.807, 2.05) is 4.90 Å². The lowest BCUT2D eigenvalue weighted by Crippen LogP contribution is -2.47. The summed E-state index contributed by atoms with van der Waals surface area (Å²) < 4.78 is 1.60. The second-order valence-corrected chi connectivity index (χ2v) is 4.92. The third-order valence-corrected chi connectivity index (χ3v) is 3.64. The van der Waals surface area contributed by atoms with Crippen LogP contribution in [0.5, 0.6) is 0 Å². The van der Waals surface area contributed by atoms with Crippen molar-refractivity contribution in [3.63, 3.8) is 0 Å². The van der Waals surface area contributed by atoms with Gasteiger partial charge in [-0.15, -0.1) is 0 Å². The van der Waals surface area contributed by atoms with Crippen LogP contribution < -0.4 is 5.73 Å². The summed E-state index contributed by atoms with van der Waals surface area (Å²) in [6.07, 6.45) is 5.56. The number of nitrogens with two attached hydrogens (primary N) is 1. The van der Waals surface area contributed by atoms with Crippen LogP contribution in [0.15, 0.2) is 12.4 Å². The molecule has 0 saturated carbocycles. The summed E-state index contributed by atoms with van der Waals surface area (Å²) in [6, 6.07) is 0.323. The second-order valence-electron chi connectivity index (χ2n) is 4.92. The van der Waals surface area contributed by atoms with Crippen molar-refractivity contribution >= 4 is 11.6 Å². The van der Waals surface area contributed by atoms with Crippen LogP contribution in [0.3, 0.4) is 0 Å². The topological polar surface area (TPSA) is 64.2 Å². The van der Waals surface area contributed by atoms with E-state index in [4.69, 9.17) is 5.73 Å². The van der Waals surface area contributed by atoms with Gasteiger partial charge in [-0.2, -0.15) is 5.10 Å². The van der Waals surface area contributed by atoms with Crippen molar-refractivity contribution < 1.29 is 4.79 Å². The van der Waals surface area contributed by atoms with E-state index in [1.54, 1.807) is 17.1 Å². The molecule has 1 saturated heterocycles. The lowest BCUT2D eigenvalue weighted by molar-refractivity contribution is -0.136. The van der Waals surface area contributed by atoms with Gasteiger partial charge in [0.2, 0.25) is 5.91 Å². The molecule has 5 heteroatoms. The number of nitrogen functional groups attached to an aromatic ring is 1. The SMILES string of the molecule is CC1CCCN(C(=O)Cn2cc(N)cn2)C1C. The van der Waals surface area contributed by atoms with E-state index in [-0.39, 0.29) is 12.5 Å². The first kappa shape index (κ1) is 12.0. The molecule has 0 aliphatic carbocycles. The summed E-state index contributed by atoms with van der Waals surface area (Å²) in [4.78, 5) is 14.1. The smallest absolute Gasteiger partial charge is 0.244 e. The van der Waals surface area contributed by atoms with Crippen molar-refractivity contribution in [1.82, 2.24) is 14.7 Å². The minimum Gasteiger partial charge on any atom is -0.396 e.